The first-order chi connectivity index (χ1) is 9.67. The summed E-state index contributed by atoms with van der Waals surface area (Å²) in [6.45, 7) is 3.17. The maximum Gasteiger partial charge on any atom is 0.0888 e. The molecule has 0 saturated heterocycles. The van der Waals surface area contributed by atoms with Gasteiger partial charge in [-0.05, 0) is 52.8 Å². The Morgan fingerprint density at radius 2 is 2.15 bits per heavy atom. The monoisotopic (exact) mass is 389 g/mol. The average Bonchev–Trinajstić information content (AvgIpc) is 2.79. The number of halogens is 2. The van der Waals surface area contributed by atoms with Crippen LogP contribution in [0.15, 0.2) is 39.0 Å². The molecule has 1 aromatic heterocycles. The molecule has 1 atom stereocenters. The smallest absolute Gasteiger partial charge is 0.0888 e. The van der Waals surface area contributed by atoms with Crippen LogP contribution in [0.3, 0.4) is 0 Å². The average molecular weight is 391 g/mol. The molecular weight excluding hydrogens is 374 g/mol. The van der Waals surface area contributed by atoms with Crippen LogP contribution >= 0.6 is 50.6 Å². The Labute approximate surface area is 142 Å². The van der Waals surface area contributed by atoms with Crippen molar-refractivity contribution in [3.05, 3.63) is 49.6 Å². The standard InChI is InChI=1S/C15H17BrClNS2/c1-3-8-18-14(13-9-11(17)15(16)20-13)10-6-4-5-7-12(10)19-2/h4-7,9,14,18H,3,8H2,1-2H3. The van der Waals surface area contributed by atoms with Crippen LogP contribution in [-0.4, -0.2) is 12.8 Å². The lowest BCUT2D eigenvalue weighted by Crippen LogP contribution is -2.22. The topological polar surface area (TPSA) is 12.0 Å². The molecule has 0 saturated carbocycles. The molecule has 5 heteroatoms. The third-order valence-electron chi connectivity index (χ3n) is 3.00. The quantitative estimate of drug-likeness (QED) is 0.609. The van der Waals surface area contributed by atoms with Crippen LogP contribution in [0.4, 0.5) is 0 Å². The zero-order valence-electron chi connectivity index (χ0n) is 11.5. The van der Waals surface area contributed by atoms with E-state index in [1.807, 2.05) is 0 Å². The summed E-state index contributed by atoms with van der Waals surface area (Å²) in [5.74, 6) is 0. The Bertz CT molecular complexity index is 551. The van der Waals surface area contributed by atoms with Gasteiger partial charge in [0.1, 0.15) is 0 Å². The third-order valence-corrected chi connectivity index (χ3v) is 6.35. The second-order valence-electron chi connectivity index (χ2n) is 4.40. The van der Waals surface area contributed by atoms with Crippen LogP contribution in [0.25, 0.3) is 0 Å². The summed E-state index contributed by atoms with van der Waals surface area (Å²) in [5, 5.41) is 4.42. The van der Waals surface area contributed by atoms with Crippen molar-refractivity contribution in [3.63, 3.8) is 0 Å². The van der Waals surface area contributed by atoms with Gasteiger partial charge in [0.15, 0.2) is 0 Å². The van der Waals surface area contributed by atoms with Crippen molar-refractivity contribution in [1.82, 2.24) is 5.32 Å². The zero-order valence-corrected chi connectivity index (χ0v) is 15.4. The van der Waals surface area contributed by atoms with E-state index in [4.69, 9.17) is 11.6 Å². The van der Waals surface area contributed by atoms with Gasteiger partial charge < -0.3 is 5.32 Å². The second kappa shape index (κ2) is 7.85. The van der Waals surface area contributed by atoms with E-state index in [1.54, 1.807) is 23.1 Å². The van der Waals surface area contributed by atoms with E-state index in [2.05, 4.69) is 64.8 Å². The van der Waals surface area contributed by atoms with Crippen LogP contribution < -0.4 is 5.32 Å². The van der Waals surface area contributed by atoms with Crippen molar-refractivity contribution in [2.75, 3.05) is 12.8 Å². The van der Waals surface area contributed by atoms with Gasteiger partial charge in [0, 0.05) is 9.77 Å². The number of thioether (sulfide) groups is 1. The van der Waals surface area contributed by atoms with E-state index in [-0.39, 0.29) is 6.04 Å². The minimum absolute atomic E-state index is 0.201. The van der Waals surface area contributed by atoms with Gasteiger partial charge in [0.2, 0.25) is 0 Å². The van der Waals surface area contributed by atoms with E-state index >= 15 is 0 Å². The van der Waals surface area contributed by atoms with Gasteiger partial charge >= 0.3 is 0 Å². The summed E-state index contributed by atoms with van der Waals surface area (Å²) in [6, 6.07) is 10.8. The molecule has 1 heterocycles. The number of nitrogens with one attached hydrogen (secondary N) is 1. The van der Waals surface area contributed by atoms with Gasteiger partial charge in [0.05, 0.1) is 14.9 Å². The molecule has 0 aliphatic heterocycles. The van der Waals surface area contributed by atoms with Gasteiger partial charge in [-0.3, -0.25) is 0 Å². The van der Waals surface area contributed by atoms with Gasteiger partial charge in [0.25, 0.3) is 0 Å². The molecule has 1 N–H and O–H groups in total. The number of thiophene rings is 1. The summed E-state index contributed by atoms with van der Waals surface area (Å²) in [6.07, 6.45) is 3.23. The fourth-order valence-electron chi connectivity index (χ4n) is 2.06. The Balaban J connectivity index is 2.41. The summed E-state index contributed by atoms with van der Waals surface area (Å²) in [5.41, 5.74) is 1.32. The van der Waals surface area contributed by atoms with Crippen molar-refractivity contribution in [3.8, 4) is 0 Å². The molecule has 1 unspecified atom stereocenters. The molecular formula is C15H17BrClNS2. The lowest BCUT2D eigenvalue weighted by Gasteiger charge is -2.20. The summed E-state index contributed by atoms with van der Waals surface area (Å²) >= 11 is 13.2. The van der Waals surface area contributed by atoms with Crippen molar-refractivity contribution in [2.24, 2.45) is 0 Å². The van der Waals surface area contributed by atoms with Crippen LogP contribution in [0.5, 0.6) is 0 Å². The number of hydrogen-bond donors (Lipinski definition) is 1. The first kappa shape index (κ1) is 16.4. The Hall–Kier alpha value is -0.000000000000000111. The minimum atomic E-state index is 0.201. The van der Waals surface area contributed by atoms with Crippen molar-refractivity contribution in [1.29, 1.82) is 0 Å². The fourth-order valence-corrected chi connectivity index (χ4v) is 4.54. The minimum Gasteiger partial charge on any atom is -0.306 e. The highest BCUT2D eigenvalue weighted by atomic mass is 79.9. The lowest BCUT2D eigenvalue weighted by atomic mass is 10.1. The molecule has 2 aromatic rings. The third kappa shape index (κ3) is 3.80. The zero-order chi connectivity index (χ0) is 14.5. The highest BCUT2D eigenvalue weighted by Crippen LogP contribution is 2.39. The van der Waals surface area contributed by atoms with Gasteiger partial charge in [-0.15, -0.1) is 23.1 Å². The number of benzene rings is 1. The van der Waals surface area contributed by atoms with Crippen LogP contribution in [0.1, 0.15) is 29.8 Å². The maximum atomic E-state index is 6.20. The Morgan fingerprint density at radius 3 is 2.75 bits per heavy atom. The lowest BCUT2D eigenvalue weighted by molar-refractivity contribution is 0.599. The molecule has 0 aliphatic rings. The summed E-state index contributed by atoms with van der Waals surface area (Å²) < 4.78 is 0.999. The predicted molar refractivity (Wildman–Crippen MR) is 95.4 cm³/mol. The molecule has 0 spiro atoms. The molecule has 0 aliphatic carbocycles. The van der Waals surface area contributed by atoms with Gasteiger partial charge in [-0.2, -0.15) is 0 Å². The first-order valence-corrected chi connectivity index (χ1v) is 9.69. The van der Waals surface area contributed by atoms with E-state index in [9.17, 15) is 0 Å². The van der Waals surface area contributed by atoms with Crippen LogP contribution in [0.2, 0.25) is 5.02 Å². The Kier molecular flexibility index (Phi) is 6.43. The highest BCUT2D eigenvalue weighted by Gasteiger charge is 2.19. The summed E-state index contributed by atoms with van der Waals surface area (Å²) in [4.78, 5) is 2.55. The number of hydrogen-bond acceptors (Lipinski definition) is 3. The highest BCUT2D eigenvalue weighted by molar-refractivity contribution is 9.11. The largest absolute Gasteiger partial charge is 0.306 e. The fraction of sp³-hybridized carbons (Fsp3) is 0.333. The van der Waals surface area contributed by atoms with E-state index in [1.165, 1.54) is 15.3 Å². The van der Waals surface area contributed by atoms with E-state index < -0.39 is 0 Å². The molecule has 1 aromatic carbocycles. The SMILES string of the molecule is CCCNC(c1cc(Cl)c(Br)s1)c1ccccc1SC. The first-order valence-electron chi connectivity index (χ1n) is 6.48. The molecule has 108 valence electrons. The number of rotatable bonds is 6. The van der Waals surface area contributed by atoms with E-state index in [0.717, 1.165) is 21.8 Å². The molecule has 20 heavy (non-hydrogen) atoms. The molecule has 1 nitrogen and oxygen atoms in total. The van der Waals surface area contributed by atoms with E-state index in [0.29, 0.717) is 0 Å². The normalized spacial score (nSPS) is 12.6. The molecule has 2 rings (SSSR count). The Morgan fingerprint density at radius 1 is 1.40 bits per heavy atom. The molecule has 0 radical (unpaired) electrons. The molecule has 0 fully saturated rings. The summed E-state index contributed by atoms with van der Waals surface area (Å²) in [7, 11) is 0. The van der Waals surface area contributed by atoms with Crippen molar-refractivity contribution < 1.29 is 0 Å². The predicted octanol–water partition coefficient (Wildman–Crippen LogP) is 5.97. The van der Waals surface area contributed by atoms with Gasteiger partial charge in [-0.25, -0.2) is 0 Å². The maximum absolute atomic E-state index is 6.20. The van der Waals surface area contributed by atoms with Gasteiger partial charge in [-0.1, -0.05) is 36.7 Å². The van der Waals surface area contributed by atoms with Crippen molar-refractivity contribution >= 4 is 50.6 Å². The molecule has 0 bridgehead atoms. The van der Waals surface area contributed by atoms with Crippen LogP contribution in [0, 0.1) is 0 Å². The van der Waals surface area contributed by atoms with Crippen molar-refractivity contribution in [2.45, 2.75) is 24.3 Å². The molecule has 0 amide bonds. The van der Waals surface area contributed by atoms with Crippen LogP contribution in [-0.2, 0) is 0 Å². The second-order valence-corrected chi connectivity index (χ2v) is 8.06.